The predicted molar refractivity (Wildman–Crippen MR) is 134 cm³/mol. The maximum Gasteiger partial charge on any atom is 0.290 e. The Labute approximate surface area is 204 Å². The van der Waals surface area contributed by atoms with Gasteiger partial charge in [0.25, 0.3) is 5.91 Å². The van der Waals surface area contributed by atoms with Gasteiger partial charge in [0.2, 0.25) is 5.76 Å². The highest BCUT2D eigenvalue weighted by atomic mass is 16.5. The van der Waals surface area contributed by atoms with Crippen molar-refractivity contribution in [1.29, 1.82) is 0 Å². The molecule has 7 heteroatoms. The number of hydrogen-bond donors (Lipinski definition) is 0. The summed E-state index contributed by atoms with van der Waals surface area (Å²) in [5.74, 6) is 0.902. The summed E-state index contributed by atoms with van der Waals surface area (Å²) in [6, 6.07) is 11.9. The third-order valence-corrected chi connectivity index (χ3v) is 5.81. The number of para-hydroxylation sites is 1. The minimum Gasteiger partial charge on any atom is -0.490 e. The molecule has 0 saturated heterocycles. The van der Waals surface area contributed by atoms with Gasteiger partial charge in [-0.3, -0.25) is 9.59 Å². The molecule has 0 bridgehead atoms. The zero-order chi connectivity index (χ0) is 24.9. The number of ether oxygens (including phenoxy) is 3. The van der Waals surface area contributed by atoms with Crippen LogP contribution in [0.3, 0.4) is 0 Å². The fraction of sp³-hybridized carbons (Fsp3) is 0.357. The smallest absolute Gasteiger partial charge is 0.290 e. The van der Waals surface area contributed by atoms with E-state index in [1.807, 2.05) is 32.9 Å². The van der Waals surface area contributed by atoms with Crippen LogP contribution in [0, 0.1) is 0 Å². The van der Waals surface area contributed by atoms with Crippen molar-refractivity contribution in [3.8, 4) is 11.5 Å². The largest absolute Gasteiger partial charge is 0.490 e. The molecular weight excluding hydrogens is 446 g/mol. The number of carbonyl (C=O) groups is 1. The van der Waals surface area contributed by atoms with Gasteiger partial charge in [0.05, 0.1) is 29.7 Å². The van der Waals surface area contributed by atoms with Crippen molar-refractivity contribution >= 4 is 16.9 Å². The van der Waals surface area contributed by atoms with Crippen LogP contribution in [-0.2, 0) is 4.74 Å². The van der Waals surface area contributed by atoms with Gasteiger partial charge in [-0.15, -0.1) is 0 Å². The van der Waals surface area contributed by atoms with Crippen molar-refractivity contribution in [3.63, 3.8) is 0 Å². The van der Waals surface area contributed by atoms with Gasteiger partial charge in [-0.05, 0) is 57.0 Å². The summed E-state index contributed by atoms with van der Waals surface area (Å²) < 4.78 is 23.2. The van der Waals surface area contributed by atoms with Crippen molar-refractivity contribution in [2.24, 2.45) is 0 Å². The van der Waals surface area contributed by atoms with E-state index < -0.39 is 6.04 Å². The molecule has 0 spiro atoms. The molecular formula is C28H31NO6. The Hall–Kier alpha value is -3.58. The summed E-state index contributed by atoms with van der Waals surface area (Å²) in [4.78, 5) is 28.8. The van der Waals surface area contributed by atoms with Crippen LogP contribution >= 0.6 is 0 Å². The first-order valence-corrected chi connectivity index (χ1v) is 11.9. The van der Waals surface area contributed by atoms with E-state index in [0.29, 0.717) is 60.8 Å². The SMILES string of the molecule is C=CCOc1ccc(C2c3c(oc4ccccc4c3=O)C(=O)N2CCCOC(C)C)cc1OCC. The Morgan fingerprint density at radius 2 is 1.91 bits per heavy atom. The molecule has 2 heterocycles. The van der Waals surface area contributed by atoms with Gasteiger partial charge in [-0.1, -0.05) is 30.9 Å². The third-order valence-electron chi connectivity index (χ3n) is 5.81. The third kappa shape index (κ3) is 4.95. The summed E-state index contributed by atoms with van der Waals surface area (Å²) >= 11 is 0. The summed E-state index contributed by atoms with van der Waals surface area (Å²) in [6.45, 7) is 11.2. The van der Waals surface area contributed by atoms with Crippen LogP contribution in [0.5, 0.6) is 11.5 Å². The van der Waals surface area contributed by atoms with Crippen LogP contribution in [0.15, 0.2) is 64.3 Å². The van der Waals surface area contributed by atoms with E-state index in [1.165, 1.54) is 0 Å². The fourth-order valence-electron chi connectivity index (χ4n) is 4.33. The number of carbonyl (C=O) groups excluding carboxylic acids is 1. The van der Waals surface area contributed by atoms with Gasteiger partial charge in [-0.2, -0.15) is 0 Å². The summed E-state index contributed by atoms with van der Waals surface area (Å²) in [7, 11) is 0. The van der Waals surface area contributed by atoms with E-state index in [2.05, 4.69) is 6.58 Å². The van der Waals surface area contributed by atoms with Crippen molar-refractivity contribution in [2.75, 3.05) is 26.4 Å². The number of nitrogens with zero attached hydrogens (tertiary/aromatic N) is 1. The molecule has 1 aliphatic heterocycles. The maximum atomic E-state index is 13.6. The van der Waals surface area contributed by atoms with Crippen LogP contribution in [0.2, 0.25) is 0 Å². The zero-order valence-corrected chi connectivity index (χ0v) is 20.4. The van der Waals surface area contributed by atoms with Gasteiger partial charge in [0, 0.05) is 13.2 Å². The molecule has 1 aliphatic rings. The molecule has 0 fully saturated rings. The lowest BCUT2D eigenvalue weighted by Crippen LogP contribution is -2.31. The van der Waals surface area contributed by atoms with Crippen LogP contribution in [-0.4, -0.2) is 43.3 Å². The molecule has 4 rings (SSSR count). The second-order valence-electron chi connectivity index (χ2n) is 8.58. The Kier molecular flexibility index (Phi) is 7.56. The summed E-state index contributed by atoms with van der Waals surface area (Å²) in [6.07, 6.45) is 2.39. The Bertz CT molecular complexity index is 1280. The van der Waals surface area contributed by atoms with E-state index in [4.69, 9.17) is 18.6 Å². The molecule has 0 radical (unpaired) electrons. The number of benzene rings is 2. The van der Waals surface area contributed by atoms with Gasteiger partial charge < -0.3 is 23.5 Å². The lowest BCUT2D eigenvalue weighted by atomic mass is 9.98. The Balaban J connectivity index is 1.81. The second kappa shape index (κ2) is 10.8. The van der Waals surface area contributed by atoms with E-state index in [-0.39, 0.29) is 23.2 Å². The van der Waals surface area contributed by atoms with E-state index in [1.54, 1.807) is 41.3 Å². The number of amides is 1. The lowest BCUT2D eigenvalue weighted by Gasteiger charge is -2.26. The first-order chi connectivity index (χ1) is 17.0. The van der Waals surface area contributed by atoms with Crippen molar-refractivity contribution in [3.05, 3.63) is 82.2 Å². The zero-order valence-electron chi connectivity index (χ0n) is 20.4. The molecule has 7 nitrogen and oxygen atoms in total. The second-order valence-corrected chi connectivity index (χ2v) is 8.58. The number of fused-ring (bicyclic) bond motifs is 2. The van der Waals surface area contributed by atoms with Crippen molar-refractivity contribution < 1.29 is 23.4 Å². The highest BCUT2D eigenvalue weighted by molar-refractivity contribution is 5.99. The highest BCUT2D eigenvalue weighted by Gasteiger charge is 2.42. The minimum atomic E-state index is -0.606. The molecule has 1 aromatic heterocycles. The molecule has 0 N–H and O–H groups in total. The molecule has 0 saturated carbocycles. The van der Waals surface area contributed by atoms with Gasteiger partial charge >= 0.3 is 0 Å². The molecule has 1 atom stereocenters. The Morgan fingerprint density at radius 3 is 2.66 bits per heavy atom. The van der Waals surface area contributed by atoms with Crippen molar-refractivity contribution in [1.82, 2.24) is 4.90 Å². The monoisotopic (exact) mass is 477 g/mol. The minimum absolute atomic E-state index is 0.0911. The quantitative estimate of drug-likeness (QED) is 0.282. The number of hydrogen-bond acceptors (Lipinski definition) is 6. The van der Waals surface area contributed by atoms with Gasteiger partial charge in [0.15, 0.2) is 16.9 Å². The number of rotatable bonds is 11. The summed E-state index contributed by atoms with van der Waals surface area (Å²) in [5.41, 5.74) is 1.29. The van der Waals surface area contributed by atoms with E-state index >= 15 is 0 Å². The predicted octanol–water partition coefficient (Wildman–Crippen LogP) is 5.12. The van der Waals surface area contributed by atoms with E-state index in [0.717, 1.165) is 5.56 Å². The molecule has 2 aromatic carbocycles. The molecule has 35 heavy (non-hydrogen) atoms. The fourth-order valence-corrected chi connectivity index (χ4v) is 4.33. The molecule has 1 unspecified atom stereocenters. The van der Waals surface area contributed by atoms with Crippen LogP contribution in [0.4, 0.5) is 0 Å². The van der Waals surface area contributed by atoms with Crippen molar-refractivity contribution in [2.45, 2.75) is 39.3 Å². The molecule has 184 valence electrons. The molecule has 0 aliphatic carbocycles. The highest BCUT2D eigenvalue weighted by Crippen LogP contribution is 2.41. The van der Waals surface area contributed by atoms with Crippen LogP contribution in [0.1, 0.15) is 54.9 Å². The van der Waals surface area contributed by atoms with Gasteiger partial charge in [0.1, 0.15) is 12.2 Å². The molecule has 1 amide bonds. The van der Waals surface area contributed by atoms with Gasteiger partial charge in [-0.25, -0.2) is 0 Å². The van der Waals surface area contributed by atoms with Crippen LogP contribution in [0.25, 0.3) is 11.0 Å². The van der Waals surface area contributed by atoms with E-state index in [9.17, 15) is 9.59 Å². The topological polar surface area (TPSA) is 78.2 Å². The lowest BCUT2D eigenvalue weighted by molar-refractivity contribution is 0.0593. The summed E-state index contributed by atoms with van der Waals surface area (Å²) in [5, 5.41) is 0.449. The van der Waals surface area contributed by atoms with Crippen LogP contribution < -0.4 is 14.9 Å². The average molecular weight is 478 g/mol. The Morgan fingerprint density at radius 1 is 1.11 bits per heavy atom. The molecule has 3 aromatic rings. The standard InChI is InChI=1S/C28H31NO6/c1-5-15-34-22-13-12-19(17-23(22)32-6-2)25-24-26(30)20-10-7-8-11-21(20)35-27(24)28(31)29(25)14-9-16-33-18(3)4/h5,7-8,10-13,17-18,25H,1,6,9,14-16H2,2-4H3. The maximum absolute atomic E-state index is 13.6. The first-order valence-electron chi connectivity index (χ1n) is 11.9. The first kappa shape index (κ1) is 24.5. The normalized spacial score (nSPS) is 15.0. The average Bonchev–Trinajstić information content (AvgIpc) is 3.13.